The molecule has 0 aliphatic carbocycles. The Kier molecular flexibility index (Phi) is 11.7. The van der Waals surface area contributed by atoms with Crippen LogP contribution in [0.25, 0.3) is 0 Å². The summed E-state index contributed by atoms with van der Waals surface area (Å²) in [5.74, 6) is 1.58. The third-order valence-electron chi connectivity index (χ3n) is 4.08. The van der Waals surface area contributed by atoms with E-state index in [0.29, 0.717) is 25.5 Å². The molecule has 7 heteroatoms. The SMILES string of the molecule is CN=C(NCCC(=O)NCc1ccccc1)NCCc1ccccc1OC.I. The second-order valence-corrected chi connectivity index (χ2v) is 6.00. The van der Waals surface area contributed by atoms with Gasteiger partial charge in [-0.25, -0.2) is 0 Å². The van der Waals surface area contributed by atoms with Crippen LogP contribution >= 0.6 is 24.0 Å². The zero-order valence-electron chi connectivity index (χ0n) is 16.4. The van der Waals surface area contributed by atoms with Crippen LogP contribution in [0.2, 0.25) is 0 Å². The maximum absolute atomic E-state index is 11.9. The molecule has 0 saturated heterocycles. The van der Waals surface area contributed by atoms with Gasteiger partial charge in [-0.15, -0.1) is 24.0 Å². The molecule has 0 saturated carbocycles. The van der Waals surface area contributed by atoms with Gasteiger partial charge in [0.15, 0.2) is 5.96 Å². The maximum Gasteiger partial charge on any atom is 0.222 e. The molecule has 2 aromatic carbocycles. The third-order valence-corrected chi connectivity index (χ3v) is 4.08. The van der Waals surface area contributed by atoms with E-state index in [0.717, 1.165) is 29.8 Å². The number of amides is 1. The van der Waals surface area contributed by atoms with Crippen molar-refractivity contribution in [3.8, 4) is 5.75 Å². The Balaban J connectivity index is 0.00000392. The number of benzene rings is 2. The van der Waals surface area contributed by atoms with E-state index in [1.807, 2.05) is 54.6 Å². The molecule has 3 N–H and O–H groups in total. The number of halogens is 1. The summed E-state index contributed by atoms with van der Waals surface area (Å²) < 4.78 is 5.36. The number of carbonyl (C=O) groups excluding carboxylic acids is 1. The molecule has 0 radical (unpaired) electrons. The van der Waals surface area contributed by atoms with Crippen molar-refractivity contribution < 1.29 is 9.53 Å². The summed E-state index contributed by atoms with van der Waals surface area (Å²) >= 11 is 0. The lowest BCUT2D eigenvalue weighted by Gasteiger charge is -2.13. The minimum atomic E-state index is 0. The number of hydrogen-bond donors (Lipinski definition) is 3. The van der Waals surface area contributed by atoms with Gasteiger partial charge in [-0.3, -0.25) is 9.79 Å². The van der Waals surface area contributed by atoms with E-state index >= 15 is 0 Å². The predicted octanol–water partition coefficient (Wildman–Crippen LogP) is 2.73. The molecule has 1 amide bonds. The number of guanidine groups is 1. The van der Waals surface area contributed by atoms with Gasteiger partial charge in [-0.1, -0.05) is 48.5 Å². The molecule has 0 heterocycles. The Bertz CT molecular complexity index is 738. The summed E-state index contributed by atoms with van der Waals surface area (Å²) in [4.78, 5) is 16.1. The monoisotopic (exact) mass is 496 g/mol. The molecule has 0 aliphatic rings. The van der Waals surface area contributed by atoms with Gasteiger partial charge in [0, 0.05) is 33.1 Å². The van der Waals surface area contributed by atoms with Crippen LogP contribution in [0.5, 0.6) is 5.75 Å². The fraction of sp³-hybridized carbons (Fsp3) is 0.333. The van der Waals surface area contributed by atoms with Gasteiger partial charge in [0.05, 0.1) is 7.11 Å². The van der Waals surface area contributed by atoms with Crippen LogP contribution in [0.15, 0.2) is 59.6 Å². The molecule has 6 nitrogen and oxygen atoms in total. The number of carbonyl (C=O) groups is 1. The number of aliphatic imine (C=N–C) groups is 1. The summed E-state index contributed by atoms with van der Waals surface area (Å²) in [7, 11) is 3.39. The zero-order chi connectivity index (χ0) is 19.3. The second kappa shape index (κ2) is 13.8. The lowest BCUT2D eigenvalue weighted by Crippen LogP contribution is -2.40. The highest BCUT2D eigenvalue weighted by Gasteiger charge is 2.04. The van der Waals surface area contributed by atoms with Gasteiger partial charge < -0.3 is 20.7 Å². The quantitative estimate of drug-likeness (QED) is 0.284. The smallest absolute Gasteiger partial charge is 0.222 e. The molecular formula is C21H29IN4O2. The summed E-state index contributed by atoms with van der Waals surface area (Å²) in [5, 5.41) is 9.33. The first kappa shape index (κ1) is 23.7. The molecule has 2 rings (SSSR count). The molecule has 2 aromatic rings. The van der Waals surface area contributed by atoms with Crippen molar-refractivity contribution in [2.75, 3.05) is 27.2 Å². The van der Waals surface area contributed by atoms with E-state index in [1.165, 1.54) is 0 Å². The van der Waals surface area contributed by atoms with Gasteiger partial charge in [0.1, 0.15) is 5.75 Å². The normalized spacial score (nSPS) is 10.6. The van der Waals surface area contributed by atoms with Gasteiger partial charge in [-0.2, -0.15) is 0 Å². The van der Waals surface area contributed by atoms with E-state index in [2.05, 4.69) is 20.9 Å². The maximum atomic E-state index is 11.9. The topological polar surface area (TPSA) is 74.8 Å². The van der Waals surface area contributed by atoms with Crippen molar-refractivity contribution in [1.82, 2.24) is 16.0 Å². The number of nitrogens with one attached hydrogen (secondary N) is 3. The molecule has 0 aromatic heterocycles. The van der Waals surface area contributed by atoms with Crippen LogP contribution in [0, 0.1) is 0 Å². The Morgan fingerprint density at radius 3 is 2.36 bits per heavy atom. The highest BCUT2D eigenvalue weighted by atomic mass is 127. The highest BCUT2D eigenvalue weighted by molar-refractivity contribution is 14.0. The number of hydrogen-bond acceptors (Lipinski definition) is 3. The summed E-state index contributed by atoms with van der Waals surface area (Å²) in [5.41, 5.74) is 2.23. The largest absolute Gasteiger partial charge is 0.496 e. The fourth-order valence-corrected chi connectivity index (χ4v) is 2.63. The molecule has 0 spiro atoms. The average molecular weight is 496 g/mol. The Hall–Kier alpha value is -2.29. The van der Waals surface area contributed by atoms with E-state index in [4.69, 9.17) is 4.74 Å². The van der Waals surface area contributed by atoms with Gasteiger partial charge in [-0.05, 0) is 23.6 Å². The Morgan fingerprint density at radius 1 is 0.964 bits per heavy atom. The molecule has 0 bridgehead atoms. The molecule has 0 aliphatic heterocycles. The van der Waals surface area contributed by atoms with Crippen molar-refractivity contribution in [2.45, 2.75) is 19.4 Å². The van der Waals surface area contributed by atoms with Gasteiger partial charge >= 0.3 is 0 Å². The van der Waals surface area contributed by atoms with Gasteiger partial charge in [0.2, 0.25) is 5.91 Å². The van der Waals surface area contributed by atoms with Crippen LogP contribution < -0.4 is 20.7 Å². The molecule has 0 fully saturated rings. The van der Waals surface area contributed by atoms with Crippen molar-refractivity contribution >= 4 is 35.8 Å². The van der Waals surface area contributed by atoms with Crippen molar-refractivity contribution in [3.05, 3.63) is 65.7 Å². The fourth-order valence-electron chi connectivity index (χ4n) is 2.63. The molecule has 152 valence electrons. The molecule has 28 heavy (non-hydrogen) atoms. The van der Waals surface area contributed by atoms with Crippen LogP contribution in [0.1, 0.15) is 17.5 Å². The number of ether oxygens (including phenoxy) is 1. The van der Waals surface area contributed by atoms with E-state index in [-0.39, 0.29) is 29.9 Å². The first-order valence-electron chi connectivity index (χ1n) is 9.10. The standard InChI is InChI=1S/C21H28N4O2.HI/c1-22-21(23-14-12-18-10-6-7-11-19(18)27-2)24-15-13-20(26)25-16-17-8-4-3-5-9-17;/h3-11H,12-16H2,1-2H3,(H,25,26)(H2,22,23,24);1H. The van der Waals surface area contributed by atoms with Crippen molar-refractivity contribution in [1.29, 1.82) is 0 Å². The number of nitrogens with zero attached hydrogens (tertiary/aromatic N) is 1. The number of rotatable bonds is 9. The lowest BCUT2D eigenvalue weighted by atomic mass is 10.1. The van der Waals surface area contributed by atoms with Crippen molar-refractivity contribution in [3.63, 3.8) is 0 Å². The number of para-hydroxylation sites is 1. The van der Waals surface area contributed by atoms with Crippen LogP contribution in [-0.4, -0.2) is 39.1 Å². The molecule has 0 unspecified atom stereocenters. The first-order chi connectivity index (χ1) is 13.2. The summed E-state index contributed by atoms with van der Waals surface area (Å²) in [6.07, 6.45) is 1.21. The average Bonchev–Trinajstić information content (AvgIpc) is 2.72. The molecular weight excluding hydrogens is 467 g/mol. The van der Waals surface area contributed by atoms with E-state index < -0.39 is 0 Å². The second-order valence-electron chi connectivity index (χ2n) is 6.00. The molecule has 0 atom stereocenters. The van der Waals surface area contributed by atoms with Crippen LogP contribution in [0.3, 0.4) is 0 Å². The zero-order valence-corrected chi connectivity index (χ0v) is 18.7. The predicted molar refractivity (Wildman–Crippen MR) is 124 cm³/mol. The first-order valence-corrected chi connectivity index (χ1v) is 9.10. The Labute approximate surface area is 184 Å². The van der Waals surface area contributed by atoms with Crippen LogP contribution in [0.4, 0.5) is 0 Å². The number of methoxy groups -OCH3 is 1. The van der Waals surface area contributed by atoms with Crippen LogP contribution in [-0.2, 0) is 17.8 Å². The van der Waals surface area contributed by atoms with Gasteiger partial charge in [0.25, 0.3) is 0 Å². The summed E-state index contributed by atoms with van der Waals surface area (Å²) in [6, 6.07) is 17.8. The Morgan fingerprint density at radius 2 is 1.64 bits per heavy atom. The highest BCUT2D eigenvalue weighted by Crippen LogP contribution is 2.17. The minimum absolute atomic E-state index is 0. The minimum Gasteiger partial charge on any atom is -0.496 e. The van der Waals surface area contributed by atoms with E-state index in [9.17, 15) is 4.79 Å². The van der Waals surface area contributed by atoms with E-state index in [1.54, 1.807) is 14.2 Å². The third kappa shape index (κ3) is 8.60. The van der Waals surface area contributed by atoms with Crippen molar-refractivity contribution in [2.24, 2.45) is 4.99 Å². The lowest BCUT2D eigenvalue weighted by molar-refractivity contribution is -0.121. The summed E-state index contributed by atoms with van der Waals surface area (Å²) in [6.45, 7) is 1.79.